The molecule has 1 aromatic carbocycles. The van der Waals surface area contributed by atoms with E-state index < -0.39 is 0 Å². The molecule has 2 rings (SSSR count). The molecule has 1 unspecified atom stereocenters. The molecule has 108 valence electrons. The molecule has 2 N–H and O–H groups in total. The van der Waals surface area contributed by atoms with Crippen molar-refractivity contribution in [2.24, 2.45) is 5.73 Å². The average molecular weight is 273 g/mol. The Morgan fingerprint density at radius 2 is 2.25 bits per heavy atom. The maximum Gasteiger partial charge on any atom is 0.119 e. The van der Waals surface area contributed by atoms with Gasteiger partial charge in [0.2, 0.25) is 0 Å². The first-order chi connectivity index (χ1) is 9.69. The van der Waals surface area contributed by atoms with Gasteiger partial charge in [0.15, 0.2) is 0 Å². The average Bonchev–Trinajstić information content (AvgIpc) is 2.85. The largest absolute Gasteiger partial charge is 0.492 e. The number of rotatable bonds is 7. The van der Waals surface area contributed by atoms with Crippen molar-refractivity contribution >= 4 is 0 Å². The Balaban J connectivity index is 1.86. The molecule has 20 heavy (non-hydrogen) atoms. The van der Waals surface area contributed by atoms with E-state index in [1.54, 1.807) is 0 Å². The second-order valence-corrected chi connectivity index (χ2v) is 5.04. The van der Waals surface area contributed by atoms with Crippen molar-refractivity contribution in [3.05, 3.63) is 48.0 Å². The first kappa shape index (κ1) is 14.6. The molecule has 1 heterocycles. The zero-order valence-electron chi connectivity index (χ0n) is 12.2. The van der Waals surface area contributed by atoms with Crippen LogP contribution in [-0.2, 0) is 13.0 Å². The standard InChI is InChI=1S/C16H23N3O/c1-3-15(17)11-14-5-4-6-16(12-14)20-10-9-19-8-7-18-13(19)2/h4-8,12,15H,3,9-11,17H2,1-2H3. The molecule has 0 amide bonds. The monoisotopic (exact) mass is 273 g/mol. The molecular weight excluding hydrogens is 250 g/mol. The van der Waals surface area contributed by atoms with Crippen LogP contribution in [-0.4, -0.2) is 22.2 Å². The van der Waals surface area contributed by atoms with Crippen LogP contribution in [0.1, 0.15) is 24.7 Å². The second-order valence-electron chi connectivity index (χ2n) is 5.04. The van der Waals surface area contributed by atoms with Gasteiger partial charge in [-0.15, -0.1) is 0 Å². The van der Waals surface area contributed by atoms with Gasteiger partial charge in [-0.2, -0.15) is 0 Å². The summed E-state index contributed by atoms with van der Waals surface area (Å²) in [6, 6.07) is 8.41. The van der Waals surface area contributed by atoms with Crippen LogP contribution in [0.2, 0.25) is 0 Å². The van der Waals surface area contributed by atoms with E-state index in [9.17, 15) is 0 Å². The number of aryl methyl sites for hydroxylation is 1. The van der Waals surface area contributed by atoms with Gasteiger partial charge in [-0.1, -0.05) is 19.1 Å². The Morgan fingerprint density at radius 1 is 1.40 bits per heavy atom. The van der Waals surface area contributed by atoms with Crippen LogP contribution < -0.4 is 10.5 Å². The van der Waals surface area contributed by atoms with E-state index in [1.807, 2.05) is 31.5 Å². The summed E-state index contributed by atoms with van der Waals surface area (Å²) in [6.07, 6.45) is 5.66. The lowest BCUT2D eigenvalue weighted by atomic mass is 10.0. The van der Waals surface area contributed by atoms with E-state index in [1.165, 1.54) is 5.56 Å². The summed E-state index contributed by atoms with van der Waals surface area (Å²) >= 11 is 0. The van der Waals surface area contributed by atoms with Gasteiger partial charge < -0.3 is 15.0 Å². The third-order valence-corrected chi connectivity index (χ3v) is 3.45. The number of hydrogen-bond donors (Lipinski definition) is 1. The fourth-order valence-electron chi connectivity index (χ4n) is 2.11. The zero-order chi connectivity index (χ0) is 14.4. The third-order valence-electron chi connectivity index (χ3n) is 3.45. The number of benzene rings is 1. The lowest BCUT2D eigenvalue weighted by Crippen LogP contribution is -2.21. The lowest BCUT2D eigenvalue weighted by Gasteiger charge is -2.11. The molecule has 0 spiro atoms. The van der Waals surface area contributed by atoms with Gasteiger partial charge in [0.1, 0.15) is 18.2 Å². The summed E-state index contributed by atoms with van der Waals surface area (Å²) in [7, 11) is 0. The van der Waals surface area contributed by atoms with E-state index in [0.717, 1.165) is 31.0 Å². The predicted molar refractivity (Wildman–Crippen MR) is 80.9 cm³/mol. The SMILES string of the molecule is CCC(N)Cc1cccc(OCCn2ccnc2C)c1. The minimum atomic E-state index is 0.221. The molecule has 1 aromatic heterocycles. The van der Waals surface area contributed by atoms with Crippen LogP contribution in [0.4, 0.5) is 0 Å². The number of aromatic nitrogens is 2. The molecular formula is C16H23N3O. The minimum Gasteiger partial charge on any atom is -0.492 e. The van der Waals surface area contributed by atoms with Crippen molar-refractivity contribution in [2.75, 3.05) is 6.61 Å². The highest BCUT2D eigenvalue weighted by molar-refractivity contribution is 5.29. The first-order valence-corrected chi connectivity index (χ1v) is 7.14. The van der Waals surface area contributed by atoms with Gasteiger partial charge in [-0.3, -0.25) is 0 Å². The summed E-state index contributed by atoms with van der Waals surface area (Å²) in [5.41, 5.74) is 7.22. The molecule has 0 aliphatic rings. The Kier molecular flexibility index (Phi) is 5.18. The predicted octanol–water partition coefficient (Wildman–Crippen LogP) is 2.55. The van der Waals surface area contributed by atoms with Gasteiger partial charge in [0.05, 0.1) is 6.54 Å². The lowest BCUT2D eigenvalue weighted by molar-refractivity contribution is 0.296. The van der Waals surface area contributed by atoms with Crippen molar-refractivity contribution in [1.29, 1.82) is 0 Å². The highest BCUT2D eigenvalue weighted by Gasteiger charge is 2.03. The highest BCUT2D eigenvalue weighted by Crippen LogP contribution is 2.15. The molecule has 0 saturated carbocycles. The van der Waals surface area contributed by atoms with Gasteiger partial charge in [-0.25, -0.2) is 4.98 Å². The quantitative estimate of drug-likeness (QED) is 0.843. The highest BCUT2D eigenvalue weighted by atomic mass is 16.5. The molecule has 0 fully saturated rings. The van der Waals surface area contributed by atoms with Crippen molar-refractivity contribution in [3.8, 4) is 5.75 Å². The molecule has 1 atom stereocenters. The number of hydrogen-bond acceptors (Lipinski definition) is 3. The summed E-state index contributed by atoms with van der Waals surface area (Å²) < 4.78 is 7.88. The fraction of sp³-hybridized carbons (Fsp3) is 0.438. The van der Waals surface area contributed by atoms with E-state index in [0.29, 0.717) is 6.61 Å². The Labute approximate surface area is 120 Å². The van der Waals surface area contributed by atoms with Crippen LogP contribution in [0.3, 0.4) is 0 Å². The van der Waals surface area contributed by atoms with E-state index in [2.05, 4.69) is 28.6 Å². The second kappa shape index (κ2) is 7.10. The molecule has 0 aliphatic carbocycles. The third kappa shape index (κ3) is 4.10. The van der Waals surface area contributed by atoms with Crippen LogP contribution in [0, 0.1) is 6.92 Å². The van der Waals surface area contributed by atoms with Crippen molar-refractivity contribution in [1.82, 2.24) is 9.55 Å². The Morgan fingerprint density at radius 3 is 2.95 bits per heavy atom. The normalized spacial score (nSPS) is 12.3. The summed E-state index contributed by atoms with van der Waals surface area (Å²) in [5.74, 6) is 1.92. The molecule has 0 aliphatic heterocycles. The smallest absolute Gasteiger partial charge is 0.119 e. The van der Waals surface area contributed by atoms with Gasteiger partial charge >= 0.3 is 0 Å². The maximum absolute atomic E-state index is 5.98. The van der Waals surface area contributed by atoms with Crippen LogP contribution in [0.5, 0.6) is 5.75 Å². The summed E-state index contributed by atoms with van der Waals surface area (Å²) in [4.78, 5) is 4.19. The summed E-state index contributed by atoms with van der Waals surface area (Å²) in [5, 5.41) is 0. The van der Waals surface area contributed by atoms with E-state index in [4.69, 9.17) is 10.5 Å². The number of nitrogens with two attached hydrogens (primary N) is 1. The molecule has 2 aromatic rings. The van der Waals surface area contributed by atoms with Gasteiger partial charge in [-0.05, 0) is 37.5 Å². The van der Waals surface area contributed by atoms with Crippen molar-refractivity contribution < 1.29 is 4.74 Å². The molecule has 0 saturated heterocycles. The molecule has 4 heteroatoms. The zero-order valence-corrected chi connectivity index (χ0v) is 12.2. The van der Waals surface area contributed by atoms with E-state index >= 15 is 0 Å². The molecule has 0 radical (unpaired) electrons. The number of imidazole rings is 1. The first-order valence-electron chi connectivity index (χ1n) is 7.14. The Hall–Kier alpha value is -1.81. The topological polar surface area (TPSA) is 53.1 Å². The van der Waals surface area contributed by atoms with Crippen LogP contribution >= 0.6 is 0 Å². The van der Waals surface area contributed by atoms with Gasteiger partial charge in [0.25, 0.3) is 0 Å². The maximum atomic E-state index is 5.98. The van der Waals surface area contributed by atoms with Crippen LogP contribution in [0.25, 0.3) is 0 Å². The number of ether oxygens (including phenoxy) is 1. The molecule has 0 bridgehead atoms. The van der Waals surface area contributed by atoms with Crippen LogP contribution in [0.15, 0.2) is 36.7 Å². The Bertz CT molecular complexity index is 536. The fourth-order valence-corrected chi connectivity index (χ4v) is 2.11. The molecule has 4 nitrogen and oxygen atoms in total. The van der Waals surface area contributed by atoms with E-state index in [-0.39, 0.29) is 6.04 Å². The van der Waals surface area contributed by atoms with Crippen molar-refractivity contribution in [3.63, 3.8) is 0 Å². The van der Waals surface area contributed by atoms with Gasteiger partial charge in [0, 0.05) is 18.4 Å². The summed E-state index contributed by atoms with van der Waals surface area (Å²) in [6.45, 7) is 5.55. The number of nitrogens with zero attached hydrogens (tertiary/aromatic N) is 2. The minimum absolute atomic E-state index is 0.221. The van der Waals surface area contributed by atoms with Crippen molar-refractivity contribution in [2.45, 2.75) is 39.3 Å².